The van der Waals surface area contributed by atoms with E-state index in [4.69, 9.17) is 0 Å². The lowest BCUT2D eigenvalue weighted by Gasteiger charge is -2.54. The highest BCUT2D eigenvalue weighted by Crippen LogP contribution is 2.61. The van der Waals surface area contributed by atoms with Gasteiger partial charge in [-0.25, -0.2) is 0 Å². The molecule has 0 heterocycles. The monoisotopic (exact) mass is 570 g/mol. The van der Waals surface area contributed by atoms with Gasteiger partial charge in [-0.2, -0.15) is 0 Å². The van der Waals surface area contributed by atoms with Gasteiger partial charge in [0.1, 0.15) is 0 Å². The first kappa shape index (κ1) is 25.8. The number of fused-ring (bicyclic) bond motifs is 2. The van der Waals surface area contributed by atoms with E-state index in [1.165, 1.54) is 121 Å². The Morgan fingerprint density at radius 2 is 0.955 bits per heavy atom. The van der Waals surface area contributed by atoms with Crippen molar-refractivity contribution in [3.05, 3.63) is 83.9 Å². The average molecular weight is 571 g/mol. The molecule has 0 N–H and O–H groups in total. The van der Waals surface area contributed by atoms with Crippen molar-refractivity contribution >= 4 is 21.5 Å². The SMILES string of the molecule is C(#CC12CC3CC(CC(C3)C1)C2)c1cc2ccccc2c(-c2cccc3ccccc23)c1C#CC12CC3CC(CC(C3)C1)C2. The van der Waals surface area contributed by atoms with Gasteiger partial charge in [0.2, 0.25) is 0 Å². The largest absolute Gasteiger partial charge is 0.0910 e. The van der Waals surface area contributed by atoms with Crippen LogP contribution in [0, 0.1) is 70.0 Å². The topological polar surface area (TPSA) is 0 Å². The van der Waals surface area contributed by atoms with Gasteiger partial charge < -0.3 is 0 Å². The lowest BCUT2D eigenvalue weighted by Crippen LogP contribution is -2.45. The van der Waals surface area contributed by atoms with Gasteiger partial charge in [-0.15, -0.1) is 0 Å². The van der Waals surface area contributed by atoms with Crippen molar-refractivity contribution < 1.29 is 0 Å². The van der Waals surface area contributed by atoms with Crippen LogP contribution in [-0.2, 0) is 0 Å². The minimum atomic E-state index is 0.209. The number of rotatable bonds is 1. The smallest absolute Gasteiger partial charge is 0.0487 e. The Hall–Kier alpha value is -3.48. The lowest BCUT2D eigenvalue weighted by molar-refractivity contribution is -0.0182. The molecule has 0 spiro atoms. The quantitative estimate of drug-likeness (QED) is 0.200. The van der Waals surface area contributed by atoms with Gasteiger partial charge in [-0.3, -0.25) is 0 Å². The molecule has 8 aliphatic carbocycles. The molecule has 4 aromatic carbocycles. The molecule has 12 rings (SSSR count). The third-order valence-electron chi connectivity index (χ3n) is 13.1. The molecule has 0 aliphatic heterocycles. The van der Waals surface area contributed by atoms with Gasteiger partial charge in [0.05, 0.1) is 0 Å². The Kier molecular flexibility index (Phi) is 5.58. The lowest BCUT2D eigenvalue weighted by atomic mass is 9.50. The normalized spacial score (nSPS) is 35.8. The first-order chi connectivity index (χ1) is 21.6. The fourth-order valence-corrected chi connectivity index (χ4v) is 12.2. The summed E-state index contributed by atoms with van der Waals surface area (Å²) in [4.78, 5) is 0. The Morgan fingerprint density at radius 1 is 0.477 bits per heavy atom. The predicted octanol–water partition coefficient (Wildman–Crippen LogP) is 10.8. The Balaban J connectivity index is 1.20. The summed E-state index contributed by atoms with van der Waals surface area (Å²) >= 11 is 0. The molecule has 0 nitrogen and oxygen atoms in total. The van der Waals surface area contributed by atoms with Crippen LogP contribution in [0.25, 0.3) is 32.7 Å². The van der Waals surface area contributed by atoms with Crippen molar-refractivity contribution in [2.75, 3.05) is 0 Å². The summed E-state index contributed by atoms with van der Waals surface area (Å²) in [7, 11) is 0. The maximum Gasteiger partial charge on any atom is 0.0487 e. The van der Waals surface area contributed by atoms with Crippen LogP contribution in [0.2, 0.25) is 0 Å². The van der Waals surface area contributed by atoms with Crippen LogP contribution >= 0.6 is 0 Å². The van der Waals surface area contributed by atoms with E-state index in [2.05, 4.69) is 96.5 Å². The standard InChI is InChI=1S/C44H42/c1-3-9-38-35(6-1)8-5-11-41(38)42-39-10-4-2-7-36(39)22-37(12-14-43-23-29-16-30(24-43)18-31(17-29)25-43)40(42)13-15-44-26-32-19-33(27-44)21-34(20-32)28-44/h1-11,22,29-34H,16-21,23-28H2. The van der Waals surface area contributed by atoms with E-state index in [0.717, 1.165) is 35.5 Å². The first-order valence-electron chi connectivity index (χ1n) is 17.7. The Morgan fingerprint density at radius 3 is 1.55 bits per heavy atom. The third-order valence-corrected chi connectivity index (χ3v) is 13.1. The first-order valence-corrected chi connectivity index (χ1v) is 17.7. The molecule has 218 valence electrons. The molecule has 8 bridgehead atoms. The van der Waals surface area contributed by atoms with Crippen LogP contribution in [0.3, 0.4) is 0 Å². The summed E-state index contributed by atoms with van der Waals surface area (Å²) in [6.45, 7) is 0. The molecule has 0 atom stereocenters. The van der Waals surface area contributed by atoms with Crippen molar-refractivity contribution in [2.24, 2.45) is 46.3 Å². The van der Waals surface area contributed by atoms with Gasteiger partial charge >= 0.3 is 0 Å². The Bertz CT molecular complexity index is 1870. The van der Waals surface area contributed by atoms with Crippen LogP contribution in [0.15, 0.2) is 72.8 Å². The van der Waals surface area contributed by atoms with Crippen LogP contribution in [-0.4, -0.2) is 0 Å². The van der Waals surface area contributed by atoms with Crippen molar-refractivity contribution in [2.45, 2.75) is 77.0 Å². The highest BCUT2D eigenvalue weighted by molar-refractivity contribution is 6.08. The molecule has 0 aromatic heterocycles. The second-order valence-corrected chi connectivity index (χ2v) is 16.3. The van der Waals surface area contributed by atoms with Gasteiger partial charge in [-0.1, -0.05) is 90.4 Å². The van der Waals surface area contributed by atoms with E-state index in [0.29, 0.717) is 0 Å². The molecule has 0 heteroatoms. The molecule has 0 saturated heterocycles. The molecular weight excluding hydrogens is 528 g/mol. The highest BCUT2D eigenvalue weighted by Gasteiger charge is 2.51. The minimum Gasteiger partial charge on any atom is -0.0910 e. The number of hydrogen-bond acceptors (Lipinski definition) is 0. The van der Waals surface area contributed by atoms with Crippen LogP contribution in [0.5, 0.6) is 0 Å². The van der Waals surface area contributed by atoms with Crippen molar-refractivity contribution in [3.63, 3.8) is 0 Å². The molecule has 8 saturated carbocycles. The van der Waals surface area contributed by atoms with Gasteiger partial charge in [-0.05, 0) is 146 Å². The van der Waals surface area contributed by atoms with Gasteiger partial charge in [0.25, 0.3) is 0 Å². The second kappa shape index (κ2) is 9.51. The fourth-order valence-electron chi connectivity index (χ4n) is 12.2. The molecule has 8 fully saturated rings. The highest BCUT2D eigenvalue weighted by atomic mass is 14.5. The van der Waals surface area contributed by atoms with E-state index < -0.39 is 0 Å². The maximum atomic E-state index is 4.08. The predicted molar refractivity (Wildman–Crippen MR) is 182 cm³/mol. The van der Waals surface area contributed by atoms with E-state index in [1.54, 1.807) is 0 Å². The molecule has 8 aliphatic rings. The summed E-state index contributed by atoms with van der Waals surface area (Å²) in [5, 5.41) is 5.19. The van der Waals surface area contributed by atoms with Crippen molar-refractivity contribution in [3.8, 4) is 34.8 Å². The van der Waals surface area contributed by atoms with Gasteiger partial charge in [0, 0.05) is 27.5 Å². The second-order valence-electron chi connectivity index (χ2n) is 16.3. The average Bonchev–Trinajstić information content (AvgIpc) is 3.01. The summed E-state index contributed by atoms with van der Waals surface area (Å²) in [6.07, 6.45) is 16.7. The van der Waals surface area contributed by atoms with Gasteiger partial charge in [0.15, 0.2) is 0 Å². The summed E-state index contributed by atoms with van der Waals surface area (Å²) in [5.74, 6) is 21.5. The molecule has 0 amide bonds. The van der Waals surface area contributed by atoms with Crippen molar-refractivity contribution in [1.82, 2.24) is 0 Å². The zero-order valence-corrected chi connectivity index (χ0v) is 25.9. The molecule has 0 radical (unpaired) electrons. The summed E-state index contributed by atoms with van der Waals surface area (Å²) < 4.78 is 0. The molecule has 0 unspecified atom stereocenters. The maximum absolute atomic E-state index is 4.08. The molecular formula is C44H42. The third kappa shape index (κ3) is 4.13. The Labute approximate surface area is 263 Å². The van der Waals surface area contributed by atoms with E-state index >= 15 is 0 Å². The van der Waals surface area contributed by atoms with Crippen molar-refractivity contribution in [1.29, 1.82) is 0 Å². The molecule has 44 heavy (non-hydrogen) atoms. The molecule has 4 aromatic rings. The zero-order chi connectivity index (χ0) is 28.9. The van der Waals surface area contributed by atoms with E-state index in [-0.39, 0.29) is 10.8 Å². The van der Waals surface area contributed by atoms with Crippen LogP contribution < -0.4 is 0 Å². The van der Waals surface area contributed by atoms with E-state index in [9.17, 15) is 0 Å². The van der Waals surface area contributed by atoms with Crippen LogP contribution in [0.4, 0.5) is 0 Å². The van der Waals surface area contributed by atoms with Crippen LogP contribution in [0.1, 0.15) is 88.2 Å². The summed E-state index contributed by atoms with van der Waals surface area (Å²) in [5.41, 5.74) is 5.39. The van der Waals surface area contributed by atoms with E-state index in [1.807, 2.05) is 0 Å². The zero-order valence-electron chi connectivity index (χ0n) is 25.9. The summed E-state index contributed by atoms with van der Waals surface area (Å²) in [6, 6.07) is 27.1. The fraction of sp³-hybridized carbons (Fsp3) is 0.455. The number of hydrogen-bond donors (Lipinski definition) is 0. The number of benzene rings is 4. The minimum absolute atomic E-state index is 0.209.